The molecule has 0 aromatic heterocycles. The van der Waals surface area contributed by atoms with Crippen LogP contribution < -0.4 is 9.47 Å². The molecule has 2 nitrogen and oxygen atoms in total. The number of benzene rings is 2. The molecular formula is C15H9Br2Cl3O2. The Morgan fingerprint density at radius 2 is 1.55 bits per heavy atom. The van der Waals surface area contributed by atoms with E-state index >= 15 is 0 Å². The summed E-state index contributed by atoms with van der Waals surface area (Å²) in [6.45, 7) is 0.346. The first-order valence-corrected chi connectivity index (χ1v) is 8.74. The lowest BCUT2D eigenvalue weighted by molar-refractivity contribution is 0.362. The van der Waals surface area contributed by atoms with Gasteiger partial charge < -0.3 is 9.47 Å². The average Bonchev–Trinajstić information content (AvgIpc) is 2.46. The minimum absolute atomic E-state index is 0.346. The summed E-state index contributed by atoms with van der Waals surface area (Å²) in [5, 5.41) is 1.44. The van der Waals surface area contributed by atoms with Gasteiger partial charge >= 0.3 is 0 Å². The van der Waals surface area contributed by atoms with Crippen LogP contribution in [0.5, 0.6) is 17.2 Å². The molecule has 0 N–H and O–H groups in total. The molecule has 22 heavy (non-hydrogen) atoms. The zero-order valence-electron chi connectivity index (χ0n) is 11.0. The van der Waals surface area contributed by atoms with Crippen molar-refractivity contribution in [2.75, 3.05) is 6.61 Å². The van der Waals surface area contributed by atoms with Gasteiger partial charge in [0.25, 0.3) is 0 Å². The van der Waals surface area contributed by atoms with E-state index in [1.807, 2.05) is 0 Å². The van der Waals surface area contributed by atoms with Gasteiger partial charge in [-0.3, -0.25) is 0 Å². The third-order valence-electron chi connectivity index (χ3n) is 2.50. The van der Waals surface area contributed by atoms with Crippen LogP contribution in [0.15, 0.2) is 45.9 Å². The lowest BCUT2D eigenvalue weighted by Gasteiger charge is -2.11. The van der Waals surface area contributed by atoms with Crippen molar-refractivity contribution < 1.29 is 9.47 Å². The molecule has 0 spiro atoms. The molecule has 0 fully saturated rings. The summed E-state index contributed by atoms with van der Waals surface area (Å²) >= 11 is 24.7. The maximum atomic E-state index is 6.20. The van der Waals surface area contributed by atoms with Crippen LogP contribution in [0.3, 0.4) is 0 Å². The lowest BCUT2D eigenvalue weighted by Crippen LogP contribution is -1.95. The largest absolute Gasteiger partial charge is 0.488 e. The fraction of sp³-hybridized carbons (Fsp3) is 0.0667. The van der Waals surface area contributed by atoms with Gasteiger partial charge in [-0.2, -0.15) is 0 Å². The lowest BCUT2D eigenvalue weighted by atomic mass is 10.3. The third-order valence-corrected chi connectivity index (χ3v) is 3.99. The zero-order valence-corrected chi connectivity index (χ0v) is 16.4. The van der Waals surface area contributed by atoms with Crippen LogP contribution in [-0.2, 0) is 0 Å². The molecule has 2 aromatic rings. The van der Waals surface area contributed by atoms with Crippen molar-refractivity contribution in [1.29, 1.82) is 0 Å². The van der Waals surface area contributed by atoms with E-state index in [0.717, 1.165) is 3.39 Å². The van der Waals surface area contributed by atoms with Crippen molar-refractivity contribution in [3.05, 3.63) is 60.9 Å². The number of hydrogen-bond acceptors (Lipinski definition) is 2. The average molecular weight is 487 g/mol. The molecule has 0 atom stereocenters. The van der Waals surface area contributed by atoms with Crippen LogP contribution in [-0.4, -0.2) is 6.61 Å². The maximum Gasteiger partial charge on any atom is 0.147 e. The highest BCUT2D eigenvalue weighted by Crippen LogP contribution is 2.38. The fourth-order valence-corrected chi connectivity index (χ4v) is 2.31. The molecule has 2 aromatic carbocycles. The summed E-state index contributed by atoms with van der Waals surface area (Å²) in [7, 11) is 0. The predicted molar refractivity (Wildman–Crippen MR) is 99.4 cm³/mol. The molecule has 0 heterocycles. The van der Waals surface area contributed by atoms with Gasteiger partial charge in [0.05, 0.1) is 13.4 Å². The zero-order chi connectivity index (χ0) is 16.1. The summed E-state index contributed by atoms with van der Waals surface area (Å²) in [6.07, 6.45) is 1.79. The second-order valence-electron chi connectivity index (χ2n) is 4.07. The van der Waals surface area contributed by atoms with Gasteiger partial charge in [-0.25, -0.2) is 0 Å². The van der Waals surface area contributed by atoms with E-state index in [2.05, 4.69) is 31.9 Å². The van der Waals surface area contributed by atoms with E-state index in [-0.39, 0.29) is 0 Å². The minimum atomic E-state index is 0.346. The first kappa shape index (κ1) is 18.0. The monoisotopic (exact) mass is 484 g/mol. The Bertz CT molecular complexity index is 684. The van der Waals surface area contributed by atoms with Gasteiger partial charge in [0, 0.05) is 17.2 Å². The highest BCUT2D eigenvalue weighted by molar-refractivity contribution is 9.28. The first-order chi connectivity index (χ1) is 10.5. The molecule has 0 amide bonds. The van der Waals surface area contributed by atoms with E-state index in [4.69, 9.17) is 44.3 Å². The number of rotatable bonds is 5. The van der Waals surface area contributed by atoms with E-state index in [0.29, 0.717) is 38.9 Å². The summed E-state index contributed by atoms with van der Waals surface area (Å²) < 4.78 is 12.0. The van der Waals surface area contributed by atoms with Crippen molar-refractivity contribution in [3.8, 4) is 17.2 Å². The molecule has 0 aliphatic rings. The van der Waals surface area contributed by atoms with Crippen LogP contribution in [0, 0.1) is 0 Å². The van der Waals surface area contributed by atoms with Crippen LogP contribution in [0.4, 0.5) is 0 Å². The fourth-order valence-electron chi connectivity index (χ4n) is 1.52. The minimum Gasteiger partial charge on any atom is -0.488 e. The number of halogens is 5. The third kappa shape index (κ3) is 5.36. The maximum absolute atomic E-state index is 6.20. The van der Waals surface area contributed by atoms with Gasteiger partial charge in [0.15, 0.2) is 0 Å². The topological polar surface area (TPSA) is 18.5 Å². The standard InChI is InChI=1S/C15H9Br2Cl3O2/c16-15(17)5-6-21-13-7-12(20)14(8-11(13)19)22-10-3-1-9(18)2-4-10/h1-5,7-8H,6H2. The van der Waals surface area contributed by atoms with Crippen LogP contribution in [0.2, 0.25) is 15.1 Å². The first-order valence-electron chi connectivity index (χ1n) is 6.02. The molecule has 0 saturated heterocycles. The molecule has 2 rings (SSSR count). The second-order valence-corrected chi connectivity index (χ2v) is 8.10. The molecule has 7 heteroatoms. The summed E-state index contributed by atoms with van der Waals surface area (Å²) in [5.74, 6) is 1.54. The summed E-state index contributed by atoms with van der Waals surface area (Å²) in [5.41, 5.74) is 0. The highest BCUT2D eigenvalue weighted by atomic mass is 79.9. The van der Waals surface area contributed by atoms with Crippen LogP contribution in [0.1, 0.15) is 0 Å². The van der Waals surface area contributed by atoms with E-state index in [1.165, 1.54) is 0 Å². The Hall–Kier alpha value is -0.390. The second kappa shape index (κ2) is 8.46. The molecule has 0 radical (unpaired) electrons. The Labute approximate surface area is 160 Å². The number of ether oxygens (including phenoxy) is 2. The molecule has 0 bridgehead atoms. The molecule has 0 saturated carbocycles. The van der Waals surface area contributed by atoms with Crippen molar-refractivity contribution in [2.24, 2.45) is 0 Å². The van der Waals surface area contributed by atoms with Crippen molar-refractivity contribution in [1.82, 2.24) is 0 Å². The molecule has 0 unspecified atom stereocenters. The van der Waals surface area contributed by atoms with E-state index in [9.17, 15) is 0 Å². The Morgan fingerprint density at radius 1 is 0.955 bits per heavy atom. The summed E-state index contributed by atoms with van der Waals surface area (Å²) in [6, 6.07) is 10.2. The molecule has 0 aliphatic heterocycles. The highest BCUT2D eigenvalue weighted by Gasteiger charge is 2.10. The quantitative estimate of drug-likeness (QED) is 0.436. The molecule has 0 aliphatic carbocycles. The van der Waals surface area contributed by atoms with E-state index < -0.39 is 0 Å². The predicted octanol–water partition coefficient (Wildman–Crippen LogP) is 7.45. The number of hydrogen-bond donors (Lipinski definition) is 0. The van der Waals surface area contributed by atoms with Gasteiger partial charge in [0.1, 0.15) is 23.9 Å². The van der Waals surface area contributed by atoms with Crippen molar-refractivity contribution in [3.63, 3.8) is 0 Å². The Kier molecular flexibility index (Phi) is 6.90. The molecule has 116 valence electrons. The van der Waals surface area contributed by atoms with Crippen LogP contribution in [0.25, 0.3) is 0 Å². The Balaban J connectivity index is 2.15. The SMILES string of the molecule is Clc1ccc(Oc2cc(Cl)c(OCC=C(Br)Br)cc2Cl)cc1. The van der Waals surface area contributed by atoms with Crippen molar-refractivity contribution >= 4 is 66.7 Å². The van der Waals surface area contributed by atoms with Crippen LogP contribution >= 0.6 is 66.7 Å². The van der Waals surface area contributed by atoms with Gasteiger partial charge in [-0.15, -0.1) is 0 Å². The van der Waals surface area contributed by atoms with Gasteiger partial charge in [0.2, 0.25) is 0 Å². The van der Waals surface area contributed by atoms with Gasteiger partial charge in [-0.1, -0.05) is 34.8 Å². The smallest absolute Gasteiger partial charge is 0.147 e. The van der Waals surface area contributed by atoms with E-state index in [1.54, 1.807) is 42.5 Å². The van der Waals surface area contributed by atoms with Gasteiger partial charge in [-0.05, 0) is 62.2 Å². The summed E-state index contributed by atoms with van der Waals surface area (Å²) in [4.78, 5) is 0. The normalized spacial score (nSPS) is 10.2. The molecular weight excluding hydrogens is 478 g/mol. The Morgan fingerprint density at radius 3 is 2.18 bits per heavy atom. The van der Waals surface area contributed by atoms with Crippen molar-refractivity contribution in [2.45, 2.75) is 0 Å².